The van der Waals surface area contributed by atoms with Crippen molar-refractivity contribution in [3.8, 4) is 17.4 Å². The molecule has 1 saturated heterocycles. The molecule has 12 heteroatoms. The van der Waals surface area contributed by atoms with E-state index >= 15 is 0 Å². The SMILES string of the molecule is C=C(Cc1ccc(Oc2nc(Nc3ccc(C(=O)NC4CCN(C)CC4)cc3OC)ncc2C(F)(F)F)cc1)N(C)C. The molecule has 1 aliphatic heterocycles. The Labute approximate surface area is 243 Å². The molecule has 3 aromatic rings. The number of benzene rings is 2. The van der Waals surface area contributed by atoms with Crippen molar-refractivity contribution in [3.63, 3.8) is 0 Å². The zero-order chi connectivity index (χ0) is 30.4. The highest BCUT2D eigenvalue weighted by Gasteiger charge is 2.36. The van der Waals surface area contributed by atoms with Crippen molar-refractivity contribution in [2.45, 2.75) is 31.5 Å². The first kappa shape index (κ1) is 30.6. The van der Waals surface area contributed by atoms with Crippen LogP contribution < -0.4 is 20.1 Å². The lowest BCUT2D eigenvalue weighted by Crippen LogP contribution is -2.43. The number of likely N-dealkylation sites (tertiary alicyclic amines) is 1. The van der Waals surface area contributed by atoms with Crippen molar-refractivity contribution in [1.82, 2.24) is 25.1 Å². The molecule has 224 valence electrons. The van der Waals surface area contributed by atoms with Gasteiger partial charge in [-0.15, -0.1) is 0 Å². The molecule has 1 aliphatic rings. The van der Waals surface area contributed by atoms with E-state index < -0.39 is 17.6 Å². The predicted molar refractivity (Wildman–Crippen MR) is 154 cm³/mol. The molecule has 2 N–H and O–H groups in total. The van der Waals surface area contributed by atoms with Crippen LogP contribution in [-0.2, 0) is 12.6 Å². The van der Waals surface area contributed by atoms with Gasteiger partial charge in [-0.3, -0.25) is 4.79 Å². The number of piperidine rings is 1. The molecule has 4 rings (SSSR count). The van der Waals surface area contributed by atoms with Crippen LogP contribution in [0.1, 0.15) is 34.3 Å². The first-order chi connectivity index (χ1) is 19.9. The highest BCUT2D eigenvalue weighted by Crippen LogP contribution is 2.38. The Morgan fingerprint density at radius 2 is 1.83 bits per heavy atom. The van der Waals surface area contributed by atoms with Gasteiger partial charge in [0.15, 0.2) is 0 Å². The van der Waals surface area contributed by atoms with Crippen molar-refractivity contribution in [2.24, 2.45) is 0 Å². The molecule has 0 saturated carbocycles. The van der Waals surface area contributed by atoms with Gasteiger partial charge < -0.3 is 29.9 Å². The molecule has 1 aromatic heterocycles. The van der Waals surface area contributed by atoms with Gasteiger partial charge in [0.2, 0.25) is 11.8 Å². The molecule has 0 bridgehead atoms. The summed E-state index contributed by atoms with van der Waals surface area (Å²) in [5.41, 5.74) is 1.45. The topological polar surface area (TPSA) is 91.8 Å². The second kappa shape index (κ2) is 13.1. The Morgan fingerprint density at radius 1 is 1.14 bits per heavy atom. The van der Waals surface area contributed by atoms with Crippen LogP contribution in [0, 0.1) is 0 Å². The molecule has 2 heterocycles. The second-order valence-electron chi connectivity index (χ2n) is 10.4. The average Bonchev–Trinajstić information content (AvgIpc) is 2.95. The summed E-state index contributed by atoms with van der Waals surface area (Å²) in [5, 5.41) is 5.92. The number of alkyl halides is 3. The first-order valence-electron chi connectivity index (χ1n) is 13.4. The van der Waals surface area contributed by atoms with Gasteiger partial charge in [-0.05, 0) is 68.9 Å². The van der Waals surface area contributed by atoms with E-state index in [1.165, 1.54) is 7.11 Å². The zero-order valence-corrected chi connectivity index (χ0v) is 24.1. The van der Waals surface area contributed by atoms with E-state index in [1.807, 2.05) is 26.0 Å². The summed E-state index contributed by atoms with van der Waals surface area (Å²) in [5.74, 6) is -0.543. The lowest BCUT2D eigenvalue weighted by molar-refractivity contribution is -0.139. The monoisotopic (exact) mass is 584 g/mol. The van der Waals surface area contributed by atoms with Crippen molar-refractivity contribution < 1.29 is 27.4 Å². The lowest BCUT2D eigenvalue weighted by Gasteiger charge is -2.29. The quantitative estimate of drug-likeness (QED) is 0.324. The Morgan fingerprint density at radius 3 is 2.45 bits per heavy atom. The molecule has 0 spiro atoms. The number of anilines is 2. The number of rotatable bonds is 10. The van der Waals surface area contributed by atoms with Crippen molar-refractivity contribution in [2.75, 3.05) is 46.7 Å². The smallest absolute Gasteiger partial charge is 0.423 e. The highest BCUT2D eigenvalue weighted by molar-refractivity contribution is 5.95. The number of amides is 1. The van der Waals surface area contributed by atoms with E-state index in [2.05, 4.69) is 32.1 Å². The van der Waals surface area contributed by atoms with Crippen LogP contribution in [0.25, 0.3) is 0 Å². The van der Waals surface area contributed by atoms with E-state index in [0.717, 1.165) is 37.2 Å². The molecule has 0 atom stereocenters. The Balaban J connectivity index is 1.51. The van der Waals surface area contributed by atoms with E-state index in [4.69, 9.17) is 9.47 Å². The molecule has 42 heavy (non-hydrogen) atoms. The fraction of sp³-hybridized carbons (Fsp3) is 0.367. The summed E-state index contributed by atoms with van der Waals surface area (Å²) >= 11 is 0. The van der Waals surface area contributed by atoms with E-state index in [1.54, 1.807) is 42.5 Å². The standard InChI is InChI=1S/C30H35F3N6O3/c1-19(38(2)3)16-20-6-9-23(10-7-20)42-28-24(30(31,32)33)18-34-29(37-28)36-25-11-8-21(17-26(25)41-5)27(40)35-22-12-14-39(4)15-13-22/h6-11,17-18,22H,1,12-16H2,2-5H3,(H,35,40)(H,34,36,37). The fourth-order valence-corrected chi connectivity index (χ4v) is 4.36. The normalized spacial score (nSPS) is 14.3. The number of carbonyl (C=O) groups excluding carboxylic acids is 1. The number of hydrogen-bond donors (Lipinski definition) is 2. The third-order valence-electron chi connectivity index (χ3n) is 7.00. The van der Waals surface area contributed by atoms with Crippen LogP contribution in [0.3, 0.4) is 0 Å². The van der Waals surface area contributed by atoms with Gasteiger partial charge in [0.05, 0.1) is 12.8 Å². The number of nitrogens with zero attached hydrogens (tertiary/aromatic N) is 4. The number of aromatic nitrogens is 2. The van der Waals surface area contributed by atoms with Gasteiger partial charge >= 0.3 is 6.18 Å². The number of halogens is 3. The number of carbonyl (C=O) groups is 1. The summed E-state index contributed by atoms with van der Waals surface area (Å²) in [7, 11) is 7.25. The molecule has 1 fully saturated rings. The summed E-state index contributed by atoms with van der Waals surface area (Å²) < 4.78 is 52.3. The van der Waals surface area contributed by atoms with Gasteiger partial charge in [0.25, 0.3) is 5.91 Å². The predicted octanol–water partition coefficient (Wildman–Crippen LogP) is 5.48. The largest absolute Gasteiger partial charge is 0.495 e. The van der Waals surface area contributed by atoms with Gasteiger partial charge in [-0.25, -0.2) is 4.98 Å². The number of ether oxygens (including phenoxy) is 2. The van der Waals surface area contributed by atoms with Gasteiger partial charge in [-0.2, -0.15) is 18.2 Å². The number of allylic oxidation sites excluding steroid dienone is 1. The molecule has 2 aromatic carbocycles. The third-order valence-corrected chi connectivity index (χ3v) is 7.00. The van der Waals surface area contributed by atoms with Crippen LogP contribution in [0.4, 0.5) is 24.8 Å². The molecule has 9 nitrogen and oxygen atoms in total. The molecular weight excluding hydrogens is 549 g/mol. The third kappa shape index (κ3) is 7.90. The number of likely N-dealkylation sites (N-methyl/N-ethyl adjacent to an activating group) is 1. The Bertz CT molecular complexity index is 1400. The number of hydrogen-bond acceptors (Lipinski definition) is 8. The maximum absolute atomic E-state index is 13.8. The van der Waals surface area contributed by atoms with Crippen LogP contribution in [0.2, 0.25) is 0 Å². The lowest BCUT2D eigenvalue weighted by atomic mass is 10.0. The maximum atomic E-state index is 13.8. The minimum absolute atomic E-state index is 0.0881. The second-order valence-corrected chi connectivity index (χ2v) is 10.4. The molecule has 0 unspecified atom stereocenters. The van der Waals surface area contributed by atoms with Crippen LogP contribution in [0.5, 0.6) is 17.4 Å². The molecular formula is C30H35F3N6O3. The number of nitrogens with one attached hydrogen (secondary N) is 2. The van der Waals surface area contributed by atoms with Crippen molar-refractivity contribution in [3.05, 3.63) is 77.6 Å². The minimum atomic E-state index is -4.74. The van der Waals surface area contributed by atoms with Gasteiger partial charge in [0.1, 0.15) is 17.1 Å². The van der Waals surface area contributed by atoms with Crippen LogP contribution >= 0.6 is 0 Å². The molecule has 0 aliphatic carbocycles. The summed E-state index contributed by atoms with van der Waals surface area (Å²) in [6.45, 7) is 5.81. The van der Waals surface area contributed by atoms with E-state index in [0.29, 0.717) is 29.6 Å². The maximum Gasteiger partial charge on any atom is 0.423 e. The van der Waals surface area contributed by atoms with Crippen molar-refractivity contribution >= 4 is 17.5 Å². The van der Waals surface area contributed by atoms with Crippen LogP contribution in [-0.4, -0.2) is 73.1 Å². The molecule has 0 radical (unpaired) electrons. The van der Waals surface area contributed by atoms with E-state index in [9.17, 15) is 18.0 Å². The highest BCUT2D eigenvalue weighted by atomic mass is 19.4. The van der Waals surface area contributed by atoms with Gasteiger partial charge in [-0.1, -0.05) is 18.7 Å². The summed E-state index contributed by atoms with van der Waals surface area (Å²) in [6.07, 6.45) is -1.76. The number of methoxy groups -OCH3 is 1. The fourth-order valence-electron chi connectivity index (χ4n) is 4.36. The van der Waals surface area contributed by atoms with Crippen molar-refractivity contribution in [1.29, 1.82) is 0 Å². The van der Waals surface area contributed by atoms with E-state index in [-0.39, 0.29) is 23.6 Å². The Kier molecular flexibility index (Phi) is 9.56. The Hall–Kier alpha value is -4.32. The minimum Gasteiger partial charge on any atom is -0.495 e. The molecule has 1 amide bonds. The van der Waals surface area contributed by atoms with Gasteiger partial charge in [0, 0.05) is 44.0 Å². The van der Waals surface area contributed by atoms with Crippen LogP contribution in [0.15, 0.2) is 60.9 Å². The zero-order valence-electron chi connectivity index (χ0n) is 24.1. The summed E-state index contributed by atoms with van der Waals surface area (Å²) in [6, 6.07) is 11.5. The first-order valence-corrected chi connectivity index (χ1v) is 13.4. The summed E-state index contributed by atoms with van der Waals surface area (Å²) in [4.78, 5) is 24.8. The average molecular weight is 585 g/mol.